The second-order valence-electron chi connectivity index (χ2n) is 9.54. The molecule has 1 aliphatic rings. The summed E-state index contributed by atoms with van der Waals surface area (Å²) in [6.07, 6.45) is -1.85. The third kappa shape index (κ3) is 6.14. The number of anilines is 1. The molecule has 4 aromatic rings. The molecular formula is C27H31N5O7S. The fourth-order valence-electron chi connectivity index (χ4n) is 4.75. The lowest BCUT2D eigenvalue weighted by atomic mass is 9.91. The van der Waals surface area contributed by atoms with E-state index in [9.17, 15) is 18.6 Å². The molecule has 12 nitrogen and oxygen atoms in total. The molecule has 40 heavy (non-hydrogen) atoms. The predicted octanol–water partition coefficient (Wildman–Crippen LogP) is 1.81. The largest absolute Gasteiger partial charge is 0.387 e. The van der Waals surface area contributed by atoms with Gasteiger partial charge in [0.1, 0.15) is 24.9 Å². The van der Waals surface area contributed by atoms with Gasteiger partial charge in [-0.25, -0.2) is 15.0 Å². The van der Waals surface area contributed by atoms with Crippen LogP contribution in [0.15, 0.2) is 67.0 Å². The van der Waals surface area contributed by atoms with E-state index in [1.807, 2.05) is 36.4 Å². The van der Waals surface area contributed by atoms with Crippen LogP contribution in [-0.2, 0) is 30.4 Å². The van der Waals surface area contributed by atoms with Crippen molar-refractivity contribution in [1.82, 2.24) is 19.5 Å². The number of aliphatic hydroxyl groups excluding tert-OH is 2. The zero-order valence-electron chi connectivity index (χ0n) is 22.0. The number of imidazole rings is 1. The van der Waals surface area contributed by atoms with Crippen molar-refractivity contribution in [3.8, 4) is 0 Å². The molecule has 0 unspecified atom stereocenters. The van der Waals surface area contributed by atoms with E-state index in [4.69, 9.17) is 13.7 Å². The summed E-state index contributed by atoms with van der Waals surface area (Å²) in [4.78, 5) is 13.5. The minimum atomic E-state index is -3.76. The van der Waals surface area contributed by atoms with Crippen molar-refractivity contribution in [2.24, 2.45) is 0 Å². The van der Waals surface area contributed by atoms with Gasteiger partial charge >= 0.3 is 0 Å². The van der Waals surface area contributed by atoms with Crippen LogP contribution < -0.4 is 5.32 Å². The van der Waals surface area contributed by atoms with E-state index in [2.05, 4.69) is 44.5 Å². The Morgan fingerprint density at radius 2 is 1.68 bits per heavy atom. The number of ether oxygens (including phenoxy) is 2. The molecule has 0 saturated carbocycles. The van der Waals surface area contributed by atoms with Crippen LogP contribution in [0.3, 0.4) is 0 Å². The first-order valence-electron chi connectivity index (χ1n) is 12.7. The van der Waals surface area contributed by atoms with E-state index in [0.29, 0.717) is 17.9 Å². The molecule has 212 valence electrons. The summed E-state index contributed by atoms with van der Waals surface area (Å²) in [6, 6.07) is 20.0. The molecule has 0 bridgehead atoms. The fourth-order valence-corrected chi connectivity index (χ4v) is 5.07. The van der Waals surface area contributed by atoms with Gasteiger partial charge < -0.3 is 25.0 Å². The summed E-state index contributed by atoms with van der Waals surface area (Å²) in [5.74, 6) is 0.406. The smallest absolute Gasteiger partial charge is 0.264 e. The number of benzene rings is 2. The summed E-state index contributed by atoms with van der Waals surface area (Å²) >= 11 is 0. The van der Waals surface area contributed by atoms with E-state index in [1.165, 1.54) is 18.0 Å². The highest BCUT2D eigenvalue weighted by Gasteiger charge is 2.44. The SMILES string of the molecule is COC[C@H]1O[C@@H](n2cnc3c(NCC(c4ccccc4)c4ccccc4)nc(COS(C)(=O)=O)nc32)[C@H](O)[C@H]1O. The highest BCUT2D eigenvalue weighted by Crippen LogP contribution is 2.33. The summed E-state index contributed by atoms with van der Waals surface area (Å²) in [5, 5.41) is 24.5. The van der Waals surface area contributed by atoms with Crippen LogP contribution >= 0.6 is 0 Å². The average Bonchev–Trinajstić information content (AvgIpc) is 3.49. The van der Waals surface area contributed by atoms with E-state index in [1.54, 1.807) is 0 Å². The third-order valence-electron chi connectivity index (χ3n) is 6.69. The van der Waals surface area contributed by atoms with Crippen molar-refractivity contribution in [1.29, 1.82) is 0 Å². The summed E-state index contributed by atoms with van der Waals surface area (Å²) in [7, 11) is -2.29. The van der Waals surface area contributed by atoms with Gasteiger partial charge in [0.15, 0.2) is 29.0 Å². The number of aromatic nitrogens is 4. The first-order chi connectivity index (χ1) is 19.2. The van der Waals surface area contributed by atoms with Crippen LogP contribution in [0.1, 0.15) is 29.1 Å². The van der Waals surface area contributed by atoms with Gasteiger partial charge in [0.05, 0.1) is 19.2 Å². The van der Waals surface area contributed by atoms with Crippen LogP contribution in [0, 0.1) is 0 Å². The molecule has 5 rings (SSSR count). The highest BCUT2D eigenvalue weighted by molar-refractivity contribution is 7.85. The lowest BCUT2D eigenvalue weighted by Crippen LogP contribution is -2.33. The number of methoxy groups -OCH3 is 1. The van der Waals surface area contributed by atoms with Gasteiger partial charge in [-0.3, -0.25) is 8.75 Å². The van der Waals surface area contributed by atoms with E-state index in [0.717, 1.165) is 17.4 Å². The van der Waals surface area contributed by atoms with Crippen molar-refractivity contribution in [3.05, 3.63) is 83.9 Å². The number of fused-ring (bicyclic) bond motifs is 1. The zero-order chi connectivity index (χ0) is 28.3. The molecular weight excluding hydrogens is 538 g/mol. The molecule has 2 aromatic heterocycles. The van der Waals surface area contributed by atoms with Gasteiger partial charge in [0.2, 0.25) is 0 Å². The Morgan fingerprint density at radius 3 is 2.27 bits per heavy atom. The Balaban J connectivity index is 1.51. The lowest BCUT2D eigenvalue weighted by Gasteiger charge is -2.20. The maximum absolute atomic E-state index is 11.7. The molecule has 3 N–H and O–H groups in total. The van der Waals surface area contributed by atoms with Gasteiger partial charge in [-0.05, 0) is 11.1 Å². The second kappa shape index (κ2) is 12.0. The van der Waals surface area contributed by atoms with Gasteiger partial charge in [0.25, 0.3) is 10.1 Å². The number of hydrogen-bond donors (Lipinski definition) is 3. The standard InChI is InChI=1S/C27H31N5O7S/c1-37-14-20-23(33)24(34)27(39-20)32-16-29-22-25(30-21(31-26(22)32)15-38-40(2,35)36)28-13-19(17-9-5-3-6-10-17)18-11-7-4-8-12-18/h3-12,16,19-20,23-24,27,33-34H,13-15H2,1-2H3,(H,28,30,31)/t20-,23+,24-,27-/m1/s1. The van der Waals surface area contributed by atoms with Crippen molar-refractivity contribution >= 4 is 27.1 Å². The van der Waals surface area contributed by atoms with Crippen LogP contribution in [0.2, 0.25) is 0 Å². The molecule has 0 amide bonds. The van der Waals surface area contributed by atoms with Crippen LogP contribution in [0.5, 0.6) is 0 Å². The van der Waals surface area contributed by atoms with Gasteiger partial charge in [0, 0.05) is 19.6 Å². The Morgan fingerprint density at radius 1 is 1.02 bits per heavy atom. The Labute approximate surface area is 231 Å². The van der Waals surface area contributed by atoms with Crippen LogP contribution in [0.4, 0.5) is 5.82 Å². The molecule has 0 aliphatic carbocycles. The van der Waals surface area contributed by atoms with Crippen molar-refractivity contribution < 1.29 is 32.3 Å². The Bertz CT molecular complexity index is 1500. The summed E-state index contributed by atoms with van der Waals surface area (Å²) in [5.41, 5.74) is 2.84. The maximum Gasteiger partial charge on any atom is 0.264 e. The molecule has 1 saturated heterocycles. The average molecular weight is 570 g/mol. The van der Waals surface area contributed by atoms with Gasteiger partial charge in [-0.15, -0.1) is 0 Å². The minimum Gasteiger partial charge on any atom is -0.387 e. The summed E-state index contributed by atoms with van der Waals surface area (Å²) in [6.45, 7) is 0.117. The molecule has 2 aromatic carbocycles. The zero-order valence-corrected chi connectivity index (χ0v) is 22.8. The normalized spacial score (nSPS) is 21.3. The quantitative estimate of drug-likeness (QED) is 0.226. The number of aliphatic hydroxyl groups is 2. The van der Waals surface area contributed by atoms with Crippen molar-refractivity contribution in [3.63, 3.8) is 0 Å². The topological polar surface area (TPSA) is 158 Å². The van der Waals surface area contributed by atoms with E-state index < -0.39 is 41.3 Å². The number of hydrogen-bond acceptors (Lipinski definition) is 11. The fraction of sp³-hybridized carbons (Fsp3) is 0.370. The second-order valence-corrected chi connectivity index (χ2v) is 11.2. The molecule has 1 aliphatic heterocycles. The molecule has 0 radical (unpaired) electrons. The monoisotopic (exact) mass is 569 g/mol. The number of rotatable bonds is 11. The third-order valence-corrected chi connectivity index (χ3v) is 7.24. The predicted molar refractivity (Wildman–Crippen MR) is 146 cm³/mol. The maximum atomic E-state index is 11.7. The first-order valence-corrected chi connectivity index (χ1v) is 14.5. The number of nitrogens with zero attached hydrogens (tertiary/aromatic N) is 4. The Hall–Kier alpha value is -3.46. The van der Waals surface area contributed by atoms with Crippen molar-refractivity contribution in [2.75, 3.05) is 31.8 Å². The summed E-state index contributed by atoms with van der Waals surface area (Å²) < 4.78 is 40.8. The van der Waals surface area contributed by atoms with E-state index in [-0.39, 0.29) is 24.0 Å². The minimum absolute atomic E-state index is 0.0323. The molecule has 0 spiro atoms. The van der Waals surface area contributed by atoms with Crippen LogP contribution in [-0.4, -0.2) is 83.0 Å². The van der Waals surface area contributed by atoms with Crippen LogP contribution in [0.25, 0.3) is 11.2 Å². The first kappa shape index (κ1) is 28.1. The lowest BCUT2D eigenvalue weighted by molar-refractivity contribution is -0.0580. The number of nitrogens with one attached hydrogen (secondary N) is 1. The molecule has 13 heteroatoms. The van der Waals surface area contributed by atoms with Gasteiger partial charge in [-0.2, -0.15) is 8.42 Å². The van der Waals surface area contributed by atoms with Crippen molar-refractivity contribution in [2.45, 2.75) is 37.1 Å². The van der Waals surface area contributed by atoms with Gasteiger partial charge in [-0.1, -0.05) is 60.7 Å². The molecule has 4 atom stereocenters. The molecule has 3 heterocycles. The Kier molecular flexibility index (Phi) is 8.40. The van der Waals surface area contributed by atoms with E-state index >= 15 is 0 Å². The highest BCUT2D eigenvalue weighted by atomic mass is 32.2. The molecule has 1 fully saturated rings.